The second kappa shape index (κ2) is 8.34. The predicted molar refractivity (Wildman–Crippen MR) is 90.0 cm³/mol. The quantitative estimate of drug-likeness (QED) is 0.789. The summed E-state index contributed by atoms with van der Waals surface area (Å²) in [6, 6.07) is 15.1. The first-order chi connectivity index (χ1) is 10.7. The molecule has 22 heavy (non-hydrogen) atoms. The summed E-state index contributed by atoms with van der Waals surface area (Å²) in [5.74, 6) is 1.77. The molecule has 0 saturated heterocycles. The molecule has 0 aromatic heterocycles. The fraction of sp³-hybridized carbons (Fsp3) is 0.235. The Morgan fingerprint density at radius 3 is 2.55 bits per heavy atom. The van der Waals surface area contributed by atoms with Gasteiger partial charge in [-0.05, 0) is 43.3 Å². The molecule has 0 aliphatic rings. The van der Waals surface area contributed by atoms with Crippen LogP contribution < -0.4 is 14.8 Å². The Kier molecular flexibility index (Phi) is 6.15. The fourth-order valence-corrected chi connectivity index (χ4v) is 2.56. The van der Waals surface area contributed by atoms with Crippen LogP contribution in [0, 0.1) is 0 Å². The number of amides is 1. The van der Waals surface area contributed by atoms with E-state index in [4.69, 9.17) is 9.47 Å². The van der Waals surface area contributed by atoms with Crippen LogP contribution in [0.4, 0.5) is 5.69 Å². The molecule has 1 amide bonds. The maximum absolute atomic E-state index is 12.1. The normalized spacial score (nSPS) is 10.1. The molecule has 0 aliphatic heterocycles. The molecule has 2 rings (SSSR count). The van der Waals surface area contributed by atoms with Crippen LogP contribution in [0.25, 0.3) is 0 Å². The SMILES string of the molecule is CCOc1ccccc1NC(=O)CSc1ccc(OC)cc1. The maximum atomic E-state index is 12.1. The van der Waals surface area contributed by atoms with Crippen LogP contribution >= 0.6 is 11.8 Å². The van der Waals surface area contributed by atoms with E-state index in [1.807, 2.05) is 55.5 Å². The van der Waals surface area contributed by atoms with Crippen LogP contribution in [0.2, 0.25) is 0 Å². The molecule has 4 nitrogen and oxygen atoms in total. The number of carbonyl (C=O) groups excluding carboxylic acids is 1. The van der Waals surface area contributed by atoms with E-state index in [9.17, 15) is 4.79 Å². The number of rotatable bonds is 7. The van der Waals surface area contributed by atoms with Crippen LogP contribution in [0.15, 0.2) is 53.4 Å². The largest absolute Gasteiger partial charge is 0.497 e. The van der Waals surface area contributed by atoms with Crippen molar-refractivity contribution in [3.05, 3.63) is 48.5 Å². The Morgan fingerprint density at radius 1 is 1.14 bits per heavy atom. The van der Waals surface area contributed by atoms with Gasteiger partial charge in [-0.2, -0.15) is 0 Å². The molecule has 116 valence electrons. The lowest BCUT2D eigenvalue weighted by Crippen LogP contribution is -2.14. The number of hydrogen-bond acceptors (Lipinski definition) is 4. The minimum atomic E-state index is -0.0621. The van der Waals surface area contributed by atoms with Gasteiger partial charge in [0.1, 0.15) is 11.5 Å². The highest BCUT2D eigenvalue weighted by molar-refractivity contribution is 8.00. The Morgan fingerprint density at radius 2 is 1.86 bits per heavy atom. The highest BCUT2D eigenvalue weighted by atomic mass is 32.2. The third-order valence-corrected chi connectivity index (χ3v) is 3.90. The minimum absolute atomic E-state index is 0.0621. The lowest BCUT2D eigenvalue weighted by Gasteiger charge is -2.11. The number of para-hydroxylation sites is 2. The summed E-state index contributed by atoms with van der Waals surface area (Å²) in [5.41, 5.74) is 0.699. The first-order valence-corrected chi connectivity index (χ1v) is 8.00. The van der Waals surface area contributed by atoms with Gasteiger partial charge in [0.25, 0.3) is 0 Å². The van der Waals surface area contributed by atoms with Crippen LogP contribution in [0.3, 0.4) is 0 Å². The minimum Gasteiger partial charge on any atom is -0.497 e. The summed E-state index contributed by atoms with van der Waals surface area (Å²) in [4.78, 5) is 13.1. The molecule has 0 aliphatic carbocycles. The summed E-state index contributed by atoms with van der Waals surface area (Å²) in [6.07, 6.45) is 0. The Labute approximate surface area is 134 Å². The van der Waals surface area contributed by atoms with E-state index in [2.05, 4.69) is 5.32 Å². The van der Waals surface area contributed by atoms with Gasteiger partial charge >= 0.3 is 0 Å². The number of hydrogen-bond donors (Lipinski definition) is 1. The van der Waals surface area contributed by atoms with Gasteiger partial charge in [-0.3, -0.25) is 4.79 Å². The molecule has 0 heterocycles. The Hall–Kier alpha value is -2.14. The molecule has 2 aromatic rings. The van der Waals surface area contributed by atoms with Gasteiger partial charge in [-0.25, -0.2) is 0 Å². The average Bonchev–Trinajstić information content (AvgIpc) is 2.55. The van der Waals surface area contributed by atoms with Crippen LogP contribution in [0.1, 0.15) is 6.92 Å². The first-order valence-electron chi connectivity index (χ1n) is 7.01. The van der Waals surface area contributed by atoms with Gasteiger partial charge in [-0.1, -0.05) is 12.1 Å². The van der Waals surface area contributed by atoms with Crippen molar-refractivity contribution in [2.75, 3.05) is 24.8 Å². The van der Waals surface area contributed by atoms with Gasteiger partial charge in [0.05, 0.1) is 25.2 Å². The van der Waals surface area contributed by atoms with Gasteiger partial charge in [0.15, 0.2) is 0 Å². The van der Waals surface area contributed by atoms with Gasteiger partial charge in [0, 0.05) is 4.90 Å². The number of anilines is 1. The van der Waals surface area contributed by atoms with E-state index >= 15 is 0 Å². The zero-order valence-corrected chi connectivity index (χ0v) is 13.5. The maximum Gasteiger partial charge on any atom is 0.234 e. The number of thioether (sulfide) groups is 1. The number of ether oxygens (including phenoxy) is 2. The van der Waals surface area contributed by atoms with E-state index in [0.29, 0.717) is 23.8 Å². The van der Waals surface area contributed by atoms with Crippen molar-refractivity contribution in [3.8, 4) is 11.5 Å². The lowest BCUT2D eigenvalue weighted by molar-refractivity contribution is -0.113. The van der Waals surface area contributed by atoms with Crippen LogP contribution in [0.5, 0.6) is 11.5 Å². The van der Waals surface area contributed by atoms with E-state index in [0.717, 1.165) is 10.6 Å². The highest BCUT2D eigenvalue weighted by Gasteiger charge is 2.08. The van der Waals surface area contributed by atoms with Crippen molar-refractivity contribution < 1.29 is 14.3 Å². The van der Waals surface area contributed by atoms with Crippen molar-refractivity contribution in [1.82, 2.24) is 0 Å². The Balaban J connectivity index is 1.90. The molecule has 1 N–H and O–H groups in total. The predicted octanol–water partition coefficient (Wildman–Crippen LogP) is 3.82. The standard InChI is InChI=1S/C17H19NO3S/c1-3-21-16-7-5-4-6-15(16)18-17(19)12-22-14-10-8-13(20-2)9-11-14/h4-11H,3,12H2,1-2H3,(H,18,19). The summed E-state index contributed by atoms with van der Waals surface area (Å²) in [7, 11) is 1.63. The smallest absolute Gasteiger partial charge is 0.234 e. The molecule has 0 unspecified atom stereocenters. The van der Waals surface area contributed by atoms with E-state index in [-0.39, 0.29) is 5.91 Å². The van der Waals surface area contributed by atoms with Gasteiger partial charge in [0.2, 0.25) is 5.91 Å². The molecule has 0 radical (unpaired) electrons. The monoisotopic (exact) mass is 317 g/mol. The number of benzene rings is 2. The molecule has 0 bridgehead atoms. The zero-order chi connectivity index (χ0) is 15.8. The molecule has 0 spiro atoms. The molecule has 0 atom stereocenters. The van der Waals surface area contributed by atoms with Crippen LogP contribution in [-0.4, -0.2) is 25.4 Å². The third kappa shape index (κ3) is 4.70. The van der Waals surface area contributed by atoms with Crippen molar-refractivity contribution in [3.63, 3.8) is 0 Å². The van der Waals surface area contributed by atoms with Gasteiger partial charge < -0.3 is 14.8 Å². The summed E-state index contributed by atoms with van der Waals surface area (Å²) in [5, 5.41) is 2.88. The van der Waals surface area contributed by atoms with Crippen molar-refractivity contribution >= 4 is 23.4 Å². The molecule has 0 fully saturated rings. The first kappa shape index (κ1) is 16.2. The zero-order valence-electron chi connectivity index (χ0n) is 12.7. The average molecular weight is 317 g/mol. The fourth-order valence-electron chi connectivity index (χ4n) is 1.86. The van der Waals surface area contributed by atoms with Crippen LogP contribution in [-0.2, 0) is 4.79 Å². The molecule has 5 heteroatoms. The number of carbonyl (C=O) groups is 1. The van der Waals surface area contributed by atoms with E-state index in [1.54, 1.807) is 7.11 Å². The van der Waals surface area contributed by atoms with Crippen molar-refractivity contribution in [2.45, 2.75) is 11.8 Å². The Bertz CT molecular complexity index is 614. The molecule has 2 aromatic carbocycles. The number of methoxy groups -OCH3 is 1. The third-order valence-electron chi connectivity index (χ3n) is 2.89. The number of nitrogens with one attached hydrogen (secondary N) is 1. The van der Waals surface area contributed by atoms with Gasteiger partial charge in [-0.15, -0.1) is 11.8 Å². The molecule has 0 saturated carbocycles. The summed E-state index contributed by atoms with van der Waals surface area (Å²) in [6.45, 7) is 2.48. The van der Waals surface area contributed by atoms with E-state index < -0.39 is 0 Å². The second-order valence-electron chi connectivity index (χ2n) is 4.44. The van der Waals surface area contributed by atoms with Crippen molar-refractivity contribution in [1.29, 1.82) is 0 Å². The topological polar surface area (TPSA) is 47.6 Å². The molecular weight excluding hydrogens is 298 g/mol. The second-order valence-corrected chi connectivity index (χ2v) is 5.49. The van der Waals surface area contributed by atoms with Crippen molar-refractivity contribution in [2.24, 2.45) is 0 Å². The van der Waals surface area contributed by atoms with E-state index in [1.165, 1.54) is 11.8 Å². The summed E-state index contributed by atoms with van der Waals surface area (Å²) >= 11 is 1.48. The summed E-state index contributed by atoms with van der Waals surface area (Å²) < 4.78 is 10.6. The highest BCUT2D eigenvalue weighted by Crippen LogP contribution is 2.25. The molecular formula is C17H19NO3S. The lowest BCUT2D eigenvalue weighted by atomic mass is 10.3.